The Morgan fingerprint density at radius 2 is 1.85 bits per heavy atom. The highest BCUT2D eigenvalue weighted by atomic mass is 16.2. The van der Waals surface area contributed by atoms with Gasteiger partial charge < -0.3 is 0 Å². The number of Topliss-reactive ketones (excluding diaryl/α,β-unsaturated/α-hetero) is 1. The standard InChI is InChI=1S/C11H8O2/c1-7-2-4-9-8(6-7)3-5-10(12)11(9)13/h2-6H,1H3. The van der Waals surface area contributed by atoms with Gasteiger partial charge in [0.15, 0.2) is 0 Å². The molecule has 1 aliphatic carbocycles. The molecule has 0 saturated carbocycles. The van der Waals surface area contributed by atoms with Gasteiger partial charge in [0.1, 0.15) is 0 Å². The van der Waals surface area contributed by atoms with Gasteiger partial charge in [-0.05, 0) is 18.6 Å². The number of benzene rings is 1. The average molecular weight is 172 g/mol. The van der Waals surface area contributed by atoms with Crippen LogP contribution in [0.1, 0.15) is 21.5 Å². The van der Waals surface area contributed by atoms with Crippen LogP contribution in [-0.4, -0.2) is 11.6 Å². The van der Waals surface area contributed by atoms with E-state index in [0.29, 0.717) is 5.56 Å². The van der Waals surface area contributed by atoms with E-state index in [1.807, 2.05) is 19.1 Å². The second-order valence-corrected chi connectivity index (χ2v) is 3.12. The van der Waals surface area contributed by atoms with Gasteiger partial charge in [0, 0.05) is 5.56 Å². The van der Waals surface area contributed by atoms with Crippen molar-refractivity contribution in [3.05, 3.63) is 41.0 Å². The number of fused-ring (bicyclic) bond motifs is 1. The number of rotatable bonds is 0. The van der Waals surface area contributed by atoms with Gasteiger partial charge in [-0.25, -0.2) is 0 Å². The van der Waals surface area contributed by atoms with Crippen molar-refractivity contribution in [2.45, 2.75) is 6.92 Å². The van der Waals surface area contributed by atoms with Gasteiger partial charge in [-0.15, -0.1) is 0 Å². The number of ketones is 2. The Morgan fingerprint density at radius 3 is 2.62 bits per heavy atom. The lowest BCUT2D eigenvalue weighted by Gasteiger charge is -2.08. The van der Waals surface area contributed by atoms with E-state index in [1.54, 1.807) is 12.1 Å². The fourth-order valence-electron chi connectivity index (χ4n) is 1.40. The first-order valence-corrected chi connectivity index (χ1v) is 4.06. The van der Waals surface area contributed by atoms with E-state index in [-0.39, 0.29) is 0 Å². The smallest absolute Gasteiger partial charge is 0.233 e. The molecule has 1 aromatic carbocycles. The van der Waals surface area contributed by atoms with Crippen molar-refractivity contribution >= 4 is 17.6 Å². The van der Waals surface area contributed by atoms with Crippen molar-refractivity contribution < 1.29 is 9.59 Å². The van der Waals surface area contributed by atoms with Gasteiger partial charge in [0.25, 0.3) is 0 Å². The first kappa shape index (κ1) is 7.92. The summed E-state index contributed by atoms with van der Waals surface area (Å²) in [7, 11) is 0. The highest BCUT2D eigenvalue weighted by molar-refractivity contribution is 6.49. The van der Waals surface area contributed by atoms with E-state index in [9.17, 15) is 9.59 Å². The van der Waals surface area contributed by atoms with Crippen LogP contribution >= 0.6 is 0 Å². The zero-order valence-electron chi connectivity index (χ0n) is 7.20. The fraction of sp³-hybridized carbons (Fsp3) is 0.0909. The maximum absolute atomic E-state index is 11.3. The molecule has 2 nitrogen and oxygen atoms in total. The molecule has 0 aliphatic heterocycles. The van der Waals surface area contributed by atoms with Crippen LogP contribution in [0.2, 0.25) is 0 Å². The molecular weight excluding hydrogens is 164 g/mol. The van der Waals surface area contributed by atoms with Crippen LogP contribution in [0.15, 0.2) is 24.3 Å². The molecule has 1 aromatic rings. The molecule has 13 heavy (non-hydrogen) atoms. The van der Waals surface area contributed by atoms with E-state index in [0.717, 1.165) is 11.1 Å². The maximum atomic E-state index is 11.3. The molecular formula is C11H8O2. The molecule has 0 amide bonds. The van der Waals surface area contributed by atoms with Crippen molar-refractivity contribution in [3.63, 3.8) is 0 Å². The lowest BCUT2D eigenvalue weighted by molar-refractivity contribution is -0.110. The first-order chi connectivity index (χ1) is 6.18. The number of carbonyl (C=O) groups excluding carboxylic acids is 2. The fourth-order valence-corrected chi connectivity index (χ4v) is 1.40. The molecule has 0 atom stereocenters. The zero-order valence-corrected chi connectivity index (χ0v) is 7.20. The van der Waals surface area contributed by atoms with E-state index in [2.05, 4.69) is 0 Å². The summed E-state index contributed by atoms with van der Waals surface area (Å²) in [5, 5.41) is 0. The molecule has 0 heterocycles. The van der Waals surface area contributed by atoms with Crippen molar-refractivity contribution in [3.8, 4) is 0 Å². The Hall–Kier alpha value is -1.70. The average Bonchev–Trinajstić information content (AvgIpc) is 2.12. The number of aryl methyl sites for hydroxylation is 1. The predicted molar refractivity (Wildman–Crippen MR) is 49.6 cm³/mol. The molecule has 2 heteroatoms. The second-order valence-electron chi connectivity index (χ2n) is 3.12. The van der Waals surface area contributed by atoms with E-state index < -0.39 is 11.6 Å². The predicted octanol–water partition coefficient (Wildman–Crippen LogP) is 1.77. The SMILES string of the molecule is Cc1ccc2c(c1)C=CC(=O)C2=O. The topological polar surface area (TPSA) is 34.1 Å². The number of allylic oxidation sites excluding steroid dienone is 1. The minimum Gasteiger partial charge on any atom is -0.286 e. The largest absolute Gasteiger partial charge is 0.286 e. The minimum atomic E-state index is -0.434. The molecule has 0 N–H and O–H groups in total. The lowest BCUT2D eigenvalue weighted by Crippen LogP contribution is -2.15. The number of carbonyl (C=O) groups is 2. The molecule has 64 valence electrons. The van der Waals surface area contributed by atoms with Crippen LogP contribution in [0.5, 0.6) is 0 Å². The molecule has 0 unspecified atom stereocenters. The molecule has 0 spiro atoms. The van der Waals surface area contributed by atoms with Gasteiger partial charge in [-0.2, -0.15) is 0 Å². The zero-order chi connectivity index (χ0) is 9.42. The third kappa shape index (κ3) is 1.20. The summed E-state index contributed by atoms with van der Waals surface area (Å²) in [6.07, 6.45) is 3.01. The molecule has 2 rings (SSSR count). The molecule has 0 saturated heterocycles. The van der Waals surface area contributed by atoms with E-state index >= 15 is 0 Å². The van der Waals surface area contributed by atoms with Crippen LogP contribution in [0.25, 0.3) is 6.08 Å². The quantitative estimate of drug-likeness (QED) is 0.559. The van der Waals surface area contributed by atoms with Crippen molar-refractivity contribution in [2.75, 3.05) is 0 Å². The molecule has 0 radical (unpaired) electrons. The van der Waals surface area contributed by atoms with E-state index in [4.69, 9.17) is 0 Å². The Kier molecular flexibility index (Phi) is 1.62. The van der Waals surface area contributed by atoms with Crippen LogP contribution in [0.4, 0.5) is 0 Å². The van der Waals surface area contributed by atoms with Crippen molar-refractivity contribution in [1.82, 2.24) is 0 Å². The van der Waals surface area contributed by atoms with E-state index in [1.165, 1.54) is 6.08 Å². The highest BCUT2D eigenvalue weighted by Gasteiger charge is 2.19. The van der Waals surface area contributed by atoms with Gasteiger partial charge in [-0.3, -0.25) is 9.59 Å². The Balaban J connectivity index is 2.66. The Labute approximate surface area is 75.9 Å². The second kappa shape index (κ2) is 2.66. The summed E-state index contributed by atoms with van der Waals surface area (Å²) in [6.45, 7) is 1.95. The Morgan fingerprint density at radius 1 is 1.08 bits per heavy atom. The third-order valence-corrected chi connectivity index (χ3v) is 2.09. The summed E-state index contributed by atoms with van der Waals surface area (Å²) in [5.41, 5.74) is 2.44. The van der Waals surface area contributed by atoms with Crippen molar-refractivity contribution in [2.24, 2.45) is 0 Å². The van der Waals surface area contributed by atoms with Crippen LogP contribution in [0, 0.1) is 6.92 Å². The lowest BCUT2D eigenvalue weighted by atomic mass is 9.94. The summed E-state index contributed by atoms with van der Waals surface area (Å²) < 4.78 is 0. The van der Waals surface area contributed by atoms with Crippen molar-refractivity contribution in [1.29, 1.82) is 0 Å². The van der Waals surface area contributed by atoms with Gasteiger partial charge in [0.05, 0.1) is 0 Å². The summed E-state index contributed by atoms with van der Waals surface area (Å²) in [5.74, 6) is -0.839. The molecule has 0 bridgehead atoms. The number of hydrogen-bond acceptors (Lipinski definition) is 2. The first-order valence-electron chi connectivity index (χ1n) is 4.06. The van der Waals surface area contributed by atoms with Gasteiger partial charge in [-0.1, -0.05) is 29.8 Å². The summed E-state index contributed by atoms with van der Waals surface area (Å²) in [4.78, 5) is 22.3. The summed E-state index contributed by atoms with van der Waals surface area (Å²) in [6, 6.07) is 5.44. The van der Waals surface area contributed by atoms with Crippen LogP contribution in [-0.2, 0) is 4.79 Å². The third-order valence-electron chi connectivity index (χ3n) is 2.09. The highest BCUT2D eigenvalue weighted by Crippen LogP contribution is 2.18. The molecule has 1 aliphatic rings. The van der Waals surface area contributed by atoms with Crippen LogP contribution < -0.4 is 0 Å². The number of hydrogen-bond donors (Lipinski definition) is 0. The maximum Gasteiger partial charge on any atom is 0.233 e. The molecule has 0 fully saturated rings. The van der Waals surface area contributed by atoms with Crippen LogP contribution in [0.3, 0.4) is 0 Å². The minimum absolute atomic E-state index is 0.405. The summed E-state index contributed by atoms with van der Waals surface area (Å²) >= 11 is 0. The normalized spacial score (nSPS) is 14.5. The van der Waals surface area contributed by atoms with Gasteiger partial charge >= 0.3 is 0 Å². The monoisotopic (exact) mass is 172 g/mol. The van der Waals surface area contributed by atoms with Gasteiger partial charge in [0.2, 0.25) is 11.6 Å². The molecule has 0 aromatic heterocycles. The Bertz CT molecular complexity index is 428.